The second-order valence-corrected chi connectivity index (χ2v) is 2.18. The number of nitrogens with two attached hydrogens (primary N) is 1. The lowest BCUT2D eigenvalue weighted by molar-refractivity contribution is 1.46. The van der Waals surface area contributed by atoms with Gasteiger partial charge in [0.25, 0.3) is 0 Å². The molecule has 3 N–H and O–H groups in total. The van der Waals surface area contributed by atoms with Gasteiger partial charge in [-0.3, -0.25) is 4.99 Å². The third-order valence-corrected chi connectivity index (χ3v) is 1.46. The summed E-state index contributed by atoms with van der Waals surface area (Å²) in [7, 11) is 1.82. The third-order valence-electron chi connectivity index (χ3n) is 1.46. The molecule has 0 radical (unpaired) electrons. The first kappa shape index (κ1) is 7.60. The van der Waals surface area contributed by atoms with Gasteiger partial charge >= 0.3 is 0 Å². The molecule has 0 amide bonds. The Labute approximate surface area is 65.9 Å². The van der Waals surface area contributed by atoms with Crippen LogP contribution in [0.25, 0.3) is 0 Å². The minimum Gasteiger partial charge on any atom is -0.399 e. The fourth-order valence-corrected chi connectivity index (χ4v) is 0.892. The Kier molecular flexibility index (Phi) is 2.11. The highest BCUT2D eigenvalue weighted by atomic mass is 14.9. The molecule has 0 aliphatic carbocycles. The molecule has 0 saturated heterocycles. The first-order chi connectivity index (χ1) is 5.27. The van der Waals surface area contributed by atoms with E-state index in [1.165, 1.54) is 0 Å². The molecule has 58 valence electrons. The van der Waals surface area contributed by atoms with Crippen LogP contribution in [0.3, 0.4) is 0 Å². The lowest BCUT2D eigenvalue weighted by Gasteiger charge is -2.04. The standard InChI is InChI=1S/C8H11N3/c1-10-7-4-3-6(9)5-8(7)11-2/h3-5,11H,1,9H2,2H3. The van der Waals surface area contributed by atoms with Crippen molar-refractivity contribution in [3.8, 4) is 0 Å². The molecular formula is C8H11N3. The van der Waals surface area contributed by atoms with E-state index in [1.807, 2.05) is 19.2 Å². The monoisotopic (exact) mass is 149 g/mol. The van der Waals surface area contributed by atoms with E-state index >= 15 is 0 Å². The second kappa shape index (κ2) is 3.05. The van der Waals surface area contributed by atoms with E-state index < -0.39 is 0 Å². The zero-order valence-electron chi connectivity index (χ0n) is 6.46. The van der Waals surface area contributed by atoms with E-state index in [1.54, 1.807) is 6.07 Å². The van der Waals surface area contributed by atoms with Gasteiger partial charge in [0, 0.05) is 12.7 Å². The Balaban J connectivity index is 3.16. The van der Waals surface area contributed by atoms with E-state index in [-0.39, 0.29) is 0 Å². The summed E-state index contributed by atoms with van der Waals surface area (Å²) in [5, 5.41) is 2.97. The van der Waals surface area contributed by atoms with Crippen molar-refractivity contribution in [2.24, 2.45) is 4.99 Å². The molecule has 0 unspecified atom stereocenters. The van der Waals surface area contributed by atoms with Crippen molar-refractivity contribution in [1.82, 2.24) is 0 Å². The van der Waals surface area contributed by atoms with Gasteiger partial charge in [-0.1, -0.05) is 0 Å². The zero-order valence-corrected chi connectivity index (χ0v) is 6.46. The highest BCUT2D eigenvalue weighted by Crippen LogP contribution is 2.25. The minimum absolute atomic E-state index is 0.724. The maximum Gasteiger partial charge on any atom is 0.0855 e. The maximum absolute atomic E-state index is 5.56. The van der Waals surface area contributed by atoms with Crippen molar-refractivity contribution in [2.45, 2.75) is 0 Å². The minimum atomic E-state index is 0.724. The summed E-state index contributed by atoms with van der Waals surface area (Å²) in [5.41, 5.74) is 8.00. The molecule has 0 atom stereocenters. The molecule has 0 aromatic heterocycles. The molecule has 0 aliphatic rings. The predicted octanol–water partition coefficient (Wildman–Crippen LogP) is 1.64. The summed E-state index contributed by atoms with van der Waals surface area (Å²) in [6.45, 7) is 3.44. The molecule has 3 nitrogen and oxygen atoms in total. The molecule has 0 aliphatic heterocycles. The van der Waals surface area contributed by atoms with Crippen LogP contribution in [0.5, 0.6) is 0 Å². The molecule has 0 bridgehead atoms. The van der Waals surface area contributed by atoms with E-state index in [4.69, 9.17) is 5.73 Å². The molecule has 0 spiro atoms. The van der Waals surface area contributed by atoms with Crippen molar-refractivity contribution < 1.29 is 0 Å². The van der Waals surface area contributed by atoms with E-state index in [0.29, 0.717) is 0 Å². The summed E-state index contributed by atoms with van der Waals surface area (Å²) in [6, 6.07) is 5.45. The quantitative estimate of drug-likeness (QED) is 0.496. The molecule has 1 aromatic carbocycles. The summed E-state index contributed by atoms with van der Waals surface area (Å²) < 4.78 is 0. The number of aliphatic imine (C=N–C) groups is 1. The fourth-order valence-electron chi connectivity index (χ4n) is 0.892. The first-order valence-electron chi connectivity index (χ1n) is 3.32. The number of nitrogens with zero attached hydrogens (tertiary/aromatic N) is 1. The van der Waals surface area contributed by atoms with Crippen molar-refractivity contribution in [3.05, 3.63) is 18.2 Å². The Morgan fingerprint density at radius 2 is 2.27 bits per heavy atom. The van der Waals surface area contributed by atoms with Crippen molar-refractivity contribution in [2.75, 3.05) is 18.1 Å². The molecule has 0 heterocycles. The number of benzene rings is 1. The number of hydrogen-bond acceptors (Lipinski definition) is 3. The zero-order chi connectivity index (χ0) is 8.27. The van der Waals surface area contributed by atoms with Crippen LogP contribution in [0.15, 0.2) is 23.2 Å². The van der Waals surface area contributed by atoms with Gasteiger partial charge in [0.2, 0.25) is 0 Å². The Morgan fingerprint density at radius 3 is 2.82 bits per heavy atom. The number of hydrogen-bond donors (Lipinski definition) is 2. The van der Waals surface area contributed by atoms with E-state index in [9.17, 15) is 0 Å². The van der Waals surface area contributed by atoms with Crippen molar-refractivity contribution >= 4 is 23.8 Å². The van der Waals surface area contributed by atoms with Gasteiger partial charge < -0.3 is 11.1 Å². The van der Waals surface area contributed by atoms with Crippen LogP contribution in [0.4, 0.5) is 17.1 Å². The lowest BCUT2D eigenvalue weighted by Crippen LogP contribution is -1.91. The van der Waals surface area contributed by atoms with Crippen LogP contribution in [0.1, 0.15) is 0 Å². The molecule has 0 saturated carbocycles. The largest absolute Gasteiger partial charge is 0.399 e. The number of anilines is 2. The van der Waals surface area contributed by atoms with Gasteiger partial charge in [0.1, 0.15) is 0 Å². The van der Waals surface area contributed by atoms with Crippen LogP contribution in [0.2, 0.25) is 0 Å². The van der Waals surface area contributed by atoms with Crippen LogP contribution < -0.4 is 11.1 Å². The molecule has 3 heteroatoms. The van der Waals surface area contributed by atoms with Gasteiger partial charge in [-0.15, -0.1) is 0 Å². The number of nitrogens with one attached hydrogen (secondary N) is 1. The third kappa shape index (κ3) is 1.49. The summed E-state index contributed by atoms with van der Waals surface area (Å²) >= 11 is 0. The van der Waals surface area contributed by atoms with Gasteiger partial charge in [-0.2, -0.15) is 0 Å². The van der Waals surface area contributed by atoms with Crippen LogP contribution >= 0.6 is 0 Å². The van der Waals surface area contributed by atoms with E-state index in [0.717, 1.165) is 17.1 Å². The summed E-state index contributed by atoms with van der Waals surface area (Å²) in [4.78, 5) is 3.81. The van der Waals surface area contributed by atoms with Crippen LogP contribution in [-0.2, 0) is 0 Å². The Morgan fingerprint density at radius 1 is 1.55 bits per heavy atom. The fraction of sp³-hybridized carbons (Fsp3) is 0.125. The summed E-state index contributed by atoms with van der Waals surface area (Å²) in [6.07, 6.45) is 0. The second-order valence-electron chi connectivity index (χ2n) is 2.18. The average Bonchev–Trinajstić information content (AvgIpc) is 2.04. The molecular weight excluding hydrogens is 138 g/mol. The van der Waals surface area contributed by atoms with Gasteiger partial charge in [-0.05, 0) is 24.9 Å². The Hall–Kier alpha value is -1.51. The topological polar surface area (TPSA) is 50.4 Å². The van der Waals surface area contributed by atoms with Gasteiger partial charge in [0.15, 0.2) is 0 Å². The maximum atomic E-state index is 5.56. The van der Waals surface area contributed by atoms with Gasteiger partial charge in [0.05, 0.1) is 11.4 Å². The molecule has 11 heavy (non-hydrogen) atoms. The predicted molar refractivity (Wildman–Crippen MR) is 49.6 cm³/mol. The lowest BCUT2D eigenvalue weighted by atomic mass is 10.2. The van der Waals surface area contributed by atoms with Crippen molar-refractivity contribution in [1.29, 1.82) is 0 Å². The van der Waals surface area contributed by atoms with Crippen molar-refractivity contribution in [3.63, 3.8) is 0 Å². The first-order valence-corrected chi connectivity index (χ1v) is 3.32. The van der Waals surface area contributed by atoms with Crippen LogP contribution in [-0.4, -0.2) is 13.8 Å². The Bertz CT molecular complexity index is 268. The smallest absolute Gasteiger partial charge is 0.0855 e. The van der Waals surface area contributed by atoms with E-state index in [2.05, 4.69) is 17.0 Å². The van der Waals surface area contributed by atoms with Gasteiger partial charge in [-0.25, -0.2) is 0 Å². The number of nitrogen functional groups attached to an aromatic ring is 1. The normalized spacial score (nSPS) is 9.18. The molecule has 0 fully saturated rings. The van der Waals surface area contributed by atoms with Crippen LogP contribution in [0, 0.1) is 0 Å². The molecule has 1 rings (SSSR count). The number of rotatable bonds is 2. The SMILES string of the molecule is C=Nc1ccc(N)cc1NC. The highest BCUT2D eigenvalue weighted by molar-refractivity contribution is 5.71. The highest BCUT2D eigenvalue weighted by Gasteiger charge is 1.96. The average molecular weight is 149 g/mol. The molecule has 1 aromatic rings. The summed E-state index contributed by atoms with van der Waals surface area (Å²) in [5.74, 6) is 0.